The second-order valence-corrected chi connectivity index (χ2v) is 5.18. The van der Waals surface area contributed by atoms with Crippen molar-refractivity contribution in [1.29, 1.82) is 0 Å². The van der Waals surface area contributed by atoms with Crippen molar-refractivity contribution < 1.29 is 4.79 Å². The summed E-state index contributed by atoms with van der Waals surface area (Å²) in [5.74, 6) is -0.405. The molecule has 1 aromatic carbocycles. The maximum atomic E-state index is 11.1. The first kappa shape index (κ1) is 12.4. The number of nitrogens with two attached hydrogens (primary N) is 1. The van der Waals surface area contributed by atoms with Crippen LogP contribution in [0.4, 0.5) is 5.69 Å². The van der Waals surface area contributed by atoms with E-state index in [1.54, 1.807) is 6.07 Å². The number of benzene rings is 1. The van der Waals surface area contributed by atoms with Gasteiger partial charge in [-0.1, -0.05) is 0 Å². The van der Waals surface area contributed by atoms with Crippen LogP contribution >= 0.6 is 15.9 Å². The third kappa shape index (κ3) is 2.79. The zero-order valence-corrected chi connectivity index (χ0v) is 11.3. The van der Waals surface area contributed by atoms with E-state index >= 15 is 0 Å². The topological polar surface area (TPSA) is 58.4 Å². The zero-order chi connectivity index (χ0) is 12.4. The Labute approximate surface area is 109 Å². The molecule has 1 heterocycles. The minimum Gasteiger partial charge on any atom is -0.369 e. The molecule has 1 aromatic rings. The molecule has 0 aliphatic carbocycles. The van der Waals surface area contributed by atoms with Crippen LogP contribution < -0.4 is 16.0 Å². The summed E-state index contributed by atoms with van der Waals surface area (Å²) < 4.78 is 0.758. The Morgan fingerprint density at radius 2 is 2.35 bits per heavy atom. The fourth-order valence-electron chi connectivity index (χ4n) is 2.07. The van der Waals surface area contributed by atoms with Gasteiger partial charge in [0.05, 0.1) is 5.56 Å². The highest BCUT2D eigenvalue weighted by atomic mass is 79.9. The van der Waals surface area contributed by atoms with E-state index in [1.165, 1.54) is 0 Å². The van der Waals surface area contributed by atoms with Crippen LogP contribution in [0.2, 0.25) is 0 Å². The average Bonchev–Trinajstić information content (AvgIpc) is 2.28. The summed E-state index contributed by atoms with van der Waals surface area (Å²) in [6.45, 7) is 5.10. The molecule has 1 aliphatic rings. The third-order valence-electron chi connectivity index (χ3n) is 2.95. The molecule has 1 fully saturated rings. The SMILES string of the molecule is C[C@H]1CN(c2ccc(C(N)=O)c(Br)c2)CCN1. The fourth-order valence-corrected chi connectivity index (χ4v) is 2.63. The number of nitrogens with one attached hydrogen (secondary N) is 1. The van der Waals surface area contributed by atoms with E-state index in [-0.39, 0.29) is 0 Å². The van der Waals surface area contributed by atoms with Crippen molar-refractivity contribution in [1.82, 2.24) is 5.32 Å². The lowest BCUT2D eigenvalue weighted by atomic mass is 10.1. The van der Waals surface area contributed by atoms with Gasteiger partial charge in [-0.25, -0.2) is 0 Å². The summed E-state index contributed by atoms with van der Waals surface area (Å²) in [6.07, 6.45) is 0. The van der Waals surface area contributed by atoms with Crippen molar-refractivity contribution in [2.45, 2.75) is 13.0 Å². The first-order valence-corrected chi connectivity index (χ1v) is 6.45. The van der Waals surface area contributed by atoms with Gasteiger partial charge in [0.25, 0.3) is 0 Å². The van der Waals surface area contributed by atoms with Gasteiger partial charge in [-0.2, -0.15) is 0 Å². The minimum atomic E-state index is -0.405. The largest absolute Gasteiger partial charge is 0.369 e. The molecule has 1 amide bonds. The Balaban J connectivity index is 2.22. The number of carbonyl (C=O) groups excluding carboxylic acids is 1. The Hall–Kier alpha value is -1.07. The highest BCUT2D eigenvalue weighted by Crippen LogP contribution is 2.24. The fraction of sp³-hybridized carbons (Fsp3) is 0.417. The van der Waals surface area contributed by atoms with Crippen molar-refractivity contribution in [2.75, 3.05) is 24.5 Å². The predicted octanol–water partition coefficient (Wildman–Crippen LogP) is 1.35. The number of carbonyl (C=O) groups is 1. The van der Waals surface area contributed by atoms with Gasteiger partial charge in [0.2, 0.25) is 5.91 Å². The number of piperazine rings is 1. The van der Waals surface area contributed by atoms with E-state index in [9.17, 15) is 4.79 Å². The highest BCUT2D eigenvalue weighted by molar-refractivity contribution is 9.10. The molecule has 17 heavy (non-hydrogen) atoms. The van der Waals surface area contributed by atoms with E-state index in [4.69, 9.17) is 5.73 Å². The van der Waals surface area contributed by atoms with Gasteiger partial charge in [-0.15, -0.1) is 0 Å². The molecule has 0 unspecified atom stereocenters. The van der Waals surface area contributed by atoms with Gasteiger partial charge in [0.15, 0.2) is 0 Å². The van der Waals surface area contributed by atoms with E-state index in [1.807, 2.05) is 12.1 Å². The van der Waals surface area contributed by atoms with Crippen LogP contribution in [0.1, 0.15) is 17.3 Å². The number of halogens is 1. The molecule has 1 saturated heterocycles. The molecule has 92 valence electrons. The zero-order valence-electron chi connectivity index (χ0n) is 9.74. The quantitative estimate of drug-likeness (QED) is 0.866. The maximum Gasteiger partial charge on any atom is 0.249 e. The van der Waals surface area contributed by atoms with Gasteiger partial charge < -0.3 is 16.0 Å². The van der Waals surface area contributed by atoms with Crippen LogP contribution in [0.3, 0.4) is 0 Å². The molecule has 0 saturated carbocycles. The van der Waals surface area contributed by atoms with Crippen LogP contribution in [-0.4, -0.2) is 31.6 Å². The van der Waals surface area contributed by atoms with Gasteiger partial charge in [-0.3, -0.25) is 4.79 Å². The summed E-state index contributed by atoms with van der Waals surface area (Å²) >= 11 is 3.39. The van der Waals surface area contributed by atoms with Gasteiger partial charge in [0.1, 0.15) is 0 Å². The molecule has 4 nitrogen and oxygen atoms in total. The Morgan fingerprint density at radius 3 is 2.94 bits per heavy atom. The lowest BCUT2D eigenvalue weighted by Gasteiger charge is -2.33. The standard InChI is InChI=1S/C12H16BrN3O/c1-8-7-16(5-4-15-8)9-2-3-10(12(14)17)11(13)6-9/h2-3,6,8,15H,4-5,7H2,1H3,(H2,14,17)/t8-/m0/s1. The number of anilines is 1. The van der Waals surface area contributed by atoms with Crippen molar-refractivity contribution in [3.8, 4) is 0 Å². The van der Waals surface area contributed by atoms with Gasteiger partial charge >= 0.3 is 0 Å². The van der Waals surface area contributed by atoms with Crippen LogP contribution in [0.5, 0.6) is 0 Å². The van der Waals surface area contributed by atoms with Crippen molar-refractivity contribution in [3.05, 3.63) is 28.2 Å². The number of hydrogen-bond donors (Lipinski definition) is 2. The van der Waals surface area contributed by atoms with E-state index in [0.717, 1.165) is 29.8 Å². The molecule has 1 aliphatic heterocycles. The third-order valence-corrected chi connectivity index (χ3v) is 3.61. The summed E-state index contributed by atoms with van der Waals surface area (Å²) in [5.41, 5.74) is 6.92. The Kier molecular flexibility index (Phi) is 3.69. The monoisotopic (exact) mass is 297 g/mol. The highest BCUT2D eigenvalue weighted by Gasteiger charge is 2.17. The molecule has 3 N–H and O–H groups in total. The van der Waals surface area contributed by atoms with Crippen LogP contribution in [0.25, 0.3) is 0 Å². The smallest absolute Gasteiger partial charge is 0.249 e. The molecule has 1 atom stereocenters. The Morgan fingerprint density at radius 1 is 1.59 bits per heavy atom. The summed E-state index contributed by atoms with van der Waals surface area (Å²) in [6, 6.07) is 6.16. The minimum absolute atomic E-state index is 0.405. The molecule has 5 heteroatoms. The second kappa shape index (κ2) is 5.06. The summed E-state index contributed by atoms with van der Waals surface area (Å²) in [7, 11) is 0. The predicted molar refractivity (Wildman–Crippen MR) is 72.3 cm³/mol. The van der Waals surface area contributed by atoms with Crippen LogP contribution in [-0.2, 0) is 0 Å². The van der Waals surface area contributed by atoms with Crippen molar-refractivity contribution in [3.63, 3.8) is 0 Å². The number of rotatable bonds is 2. The van der Waals surface area contributed by atoms with E-state index in [2.05, 4.69) is 33.1 Å². The molecular weight excluding hydrogens is 282 g/mol. The van der Waals surface area contributed by atoms with Gasteiger partial charge in [0, 0.05) is 35.8 Å². The number of nitrogens with zero attached hydrogens (tertiary/aromatic N) is 1. The number of amides is 1. The molecule has 0 bridgehead atoms. The molecular formula is C12H16BrN3O. The van der Waals surface area contributed by atoms with Crippen LogP contribution in [0.15, 0.2) is 22.7 Å². The van der Waals surface area contributed by atoms with Gasteiger partial charge in [-0.05, 0) is 41.1 Å². The van der Waals surface area contributed by atoms with E-state index < -0.39 is 5.91 Å². The molecule has 0 aromatic heterocycles. The molecule has 2 rings (SSSR count). The van der Waals surface area contributed by atoms with Crippen molar-refractivity contribution >= 4 is 27.5 Å². The average molecular weight is 298 g/mol. The summed E-state index contributed by atoms with van der Waals surface area (Å²) in [5, 5.41) is 3.40. The summed E-state index contributed by atoms with van der Waals surface area (Å²) in [4.78, 5) is 13.4. The number of hydrogen-bond acceptors (Lipinski definition) is 3. The number of primary amides is 1. The van der Waals surface area contributed by atoms with Crippen molar-refractivity contribution in [2.24, 2.45) is 5.73 Å². The molecule has 0 radical (unpaired) electrons. The first-order chi connectivity index (χ1) is 8.08. The normalized spacial score (nSPS) is 20.4. The second-order valence-electron chi connectivity index (χ2n) is 4.33. The lowest BCUT2D eigenvalue weighted by molar-refractivity contribution is 0.0999. The lowest BCUT2D eigenvalue weighted by Crippen LogP contribution is -2.49. The molecule has 0 spiro atoms. The first-order valence-electron chi connectivity index (χ1n) is 5.65. The van der Waals surface area contributed by atoms with Crippen LogP contribution in [0, 0.1) is 0 Å². The Bertz CT molecular complexity index is 436. The maximum absolute atomic E-state index is 11.1. The van der Waals surface area contributed by atoms with E-state index in [0.29, 0.717) is 11.6 Å².